The maximum Gasteiger partial charge on any atom is 0.326 e. The van der Waals surface area contributed by atoms with Gasteiger partial charge in [0, 0.05) is 12.3 Å². The van der Waals surface area contributed by atoms with Crippen molar-refractivity contribution in [3.8, 4) is 0 Å². The van der Waals surface area contributed by atoms with Gasteiger partial charge in [-0.3, -0.25) is 4.79 Å². The highest BCUT2D eigenvalue weighted by Gasteiger charge is 2.32. The molecule has 0 radical (unpaired) electrons. The molecule has 2 rings (SSSR count). The first-order valence-electron chi connectivity index (χ1n) is 7.15. The molecule has 4 nitrogen and oxygen atoms in total. The molecule has 0 aromatic heterocycles. The molecule has 1 aliphatic carbocycles. The first kappa shape index (κ1) is 14.6. The van der Waals surface area contributed by atoms with Gasteiger partial charge in [-0.05, 0) is 24.3 Å². The number of hydrogen-bond donors (Lipinski definition) is 2. The highest BCUT2D eigenvalue weighted by atomic mass is 16.4. The lowest BCUT2D eigenvalue weighted by Gasteiger charge is -2.19. The zero-order chi connectivity index (χ0) is 14.5. The van der Waals surface area contributed by atoms with Gasteiger partial charge in [0.2, 0.25) is 5.91 Å². The fourth-order valence-electron chi connectivity index (χ4n) is 2.86. The van der Waals surface area contributed by atoms with Gasteiger partial charge in [0.15, 0.2) is 0 Å². The van der Waals surface area contributed by atoms with Gasteiger partial charge in [-0.1, -0.05) is 43.7 Å². The maximum absolute atomic E-state index is 12.2. The lowest BCUT2D eigenvalue weighted by molar-refractivity contribution is -0.142. The zero-order valence-corrected chi connectivity index (χ0v) is 11.7. The Hall–Kier alpha value is -1.84. The summed E-state index contributed by atoms with van der Waals surface area (Å²) in [7, 11) is 0. The average molecular weight is 275 g/mol. The smallest absolute Gasteiger partial charge is 0.326 e. The number of amides is 1. The van der Waals surface area contributed by atoms with Crippen LogP contribution in [-0.4, -0.2) is 23.0 Å². The van der Waals surface area contributed by atoms with E-state index in [1.807, 2.05) is 30.3 Å². The predicted octanol–water partition coefficient (Wildman–Crippen LogP) is 2.23. The van der Waals surface area contributed by atoms with Crippen molar-refractivity contribution in [3.05, 3.63) is 35.9 Å². The fraction of sp³-hybridized carbons (Fsp3) is 0.500. The SMILES string of the molecule is CC1CCCC1C(=O)NC(Cc1ccccc1)C(=O)O. The first-order chi connectivity index (χ1) is 9.58. The second kappa shape index (κ2) is 6.55. The minimum atomic E-state index is -0.979. The fourth-order valence-corrected chi connectivity index (χ4v) is 2.86. The standard InChI is InChI=1S/C16H21NO3/c1-11-6-5-9-13(11)15(18)17-14(16(19)20)10-12-7-3-2-4-8-12/h2-4,7-8,11,13-14H,5-6,9-10H2,1H3,(H,17,18)(H,19,20). The van der Waals surface area contributed by atoms with Crippen LogP contribution < -0.4 is 5.32 Å². The Kier molecular flexibility index (Phi) is 4.77. The van der Waals surface area contributed by atoms with Gasteiger partial charge in [-0.2, -0.15) is 0 Å². The van der Waals surface area contributed by atoms with Crippen LogP contribution in [0.1, 0.15) is 31.7 Å². The van der Waals surface area contributed by atoms with Crippen LogP contribution in [0, 0.1) is 11.8 Å². The number of carbonyl (C=O) groups excluding carboxylic acids is 1. The second-order valence-electron chi connectivity index (χ2n) is 5.60. The van der Waals surface area contributed by atoms with Gasteiger partial charge in [0.1, 0.15) is 6.04 Å². The molecule has 0 aliphatic heterocycles. The summed E-state index contributed by atoms with van der Waals surface area (Å²) in [6, 6.07) is 8.53. The van der Waals surface area contributed by atoms with E-state index in [1.165, 1.54) is 0 Å². The Bertz CT molecular complexity index is 472. The molecule has 1 aromatic rings. The van der Waals surface area contributed by atoms with Crippen molar-refractivity contribution in [2.75, 3.05) is 0 Å². The summed E-state index contributed by atoms with van der Waals surface area (Å²) in [6.45, 7) is 2.06. The van der Waals surface area contributed by atoms with E-state index >= 15 is 0 Å². The molecule has 1 aromatic carbocycles. The molecule has 3 unspecified atom stereocenters. The number of carboxylic acid groups (broad SMARTS) is 1. The lowest BCUT2D eigenvalue weighted by Crippen LogP contribution is -2.45. The van der Waals surface area contributed by atoms with Crippen LogP contribution in [0.5, 0.6) is 0 Å². The van der Waals surface area contributed by atoms with E-state index < -0.39 is 12.0 Å². The quantitative estimate of drug-likeness (QED) is 0.866. The van der Waals surface area contributed by atoms with Gasteiger partial charge < -0.3 is 10.4 Å². The second-order valence-corrected chi connectivity index (χ2v) is 5.60. The number of benzene rings is 1. The van der Waals surface area contributed by atoms with E-state index in [0.29, 0.717) is 12.3 Å². The molecule has 0 spiro atoms. The highest BCUT2D eigenvalue weighted by molar-refractivity contribution is 5.85. The normalized spacial score (nSPS) is 23.2. The third-order valence-electron chi connectivity index (χ3n) is 4.10. The van der Waals surface area contributed by atoms with Crippen molar-refractivity contribution in [1.82, 2.24) is 5.32 Å². The molecule has 20 heavy (non-hydrogen) atoms. The number of aliphatic carboxylic acids is 1. The van der Waals surface area contributed by atoms with Gasteiger partial charge in [-0.15, -0.1) is 0 Å². The third kappa shape index (κ3) is 3.59. The molecule has 3 atom stereocenters. The summed E-state index contributed by atoms with van der Waals surface area (Å²) < 4.78 is 0. The number of carboxylic acids is 1. The Balaban J connectivity index is 1.99. The molecule has 1 fully saturated rings. The van der Waals surface area contributed by atoms with Crippen molar-refractivity contribution in [1.29, 1.82) is 0 Å². The monoisotopic (exact) mass is 275 g/mol. The summed E-state index contributed by atoms with van der Waals surface area (Å²) in [5, 5.41) is 12.0. The molecule has 0 saturated heterocycles. The van der Waals surface area contributed by atoms with E-state index in [-0.39, 0.29) is 11.8 Å². The van der Waals surface area contributed by atoms with Crippen molar-refractivity contribution >= 4 is 11.9 Å². The molecule has 2 N–H and O–H groups in total. The van der Waals surface area contributed by atoms with E-state index in [9.17, 15) is 14.7 Å². The topological polar surface area (TPSA) is 66.4 Å². The van der Waals surface area contributed by atoms with Gasteiger partial charge >= 0.3 is 5.97 Å². The van der Waals surface area contributed by atoms with Crippen molar-refractivity contribution in [2.45, 2.75) is 38.6 Å². The highest BCUT2D eigenvalue weighted by Crippen LogP contribution is 2.31. The molecule has 0 heterocycles. The van der Waals surface area contributed by atoms with Crippen molar-refractivity contribution < 1.29 is 14.7 Å². The lowest BCUT2D eigenvalue weighted by atomic mass is 9.96. The van der Waals surface area contributed by atoms with Crippen LogP contribution in [0.15, 0.2) is 30.3 Å². The van der Waals surface area contributed by atoms with Gasteiger partial charge in [-0.25, -0.2) is 4.79 Å². The molecule has 108 valence electrons. The summed E-state index contributed by atoms with van der Waals surface area (Å²) in [6.07, 6.45) is 3.29. The summed E-state index contributed by atoms with van der Waals surface area (Å²) >= 11 is 0. The minimum Gasteiger partial charge on any atom is -0.480 e. The Morgan fingerprint density at radius 3 is 2.55 bits per heavy atom. The minimum absolute atomic E-state index is 0.0346. The summed E-state index contributed by atoms with van der Waals surface area (Å²) in [5.41, 5.74) is 0.916. The summed E-state index contributed by atoms with van der Waals surface area (Å²) in [4.78, 5) is 23.5. The molecular formula is C16H21NO3. The van der Waals surface area contributed by atoms with Crippen LogP contribution in [-0.2, 0) is 16.0 Å². The van der Waals surface area contributed by atoms with E-state index in [1.54, 1.807) is 0 Å². The van der Waals surface area contributed by atoms with Crippen LogP contribution >= 0.6 is 0 Å². The Morgan fingerprint density at radius 2 is 2.00 bits per heavy atom. The number of rotatable bonds is 5. The molecule has 1 amide bonds. The molecule has 1 saturated carbocycles. The van der Waals surface area contributed by atoms with Crippen LogP contribution in [0.2, 0.25) is 0 Å². The number of nitrogens with one attached hydrogen (secondary N) is 1. The largest absolute Gasteiger partial charge is 0.480 e. The Labute approximate surface area is 119 Å². The van der Waals surface area contributed by atoms with Gasteiger partial charge in [0.25, 0.3) is 0 Å². The molecule has 0 bridgehead atoms. The maximum atomic E-state index is 12.2. The van der Waals surface area contributed by atoms with E-state index in [4.69, 9.17) is 0 Å². The van der Waals surface area contributed by atoms with Gasteiger partial charge in [0.05, 0.1) is 0 Å². The number of hydrogen-bond acceptors (Lipinski definition) is 2. The summed E-state index contributed by atoms with van der Waals surface area (Å²) in [5.74, 6) is -0.778. The van der Waals surface area contributed by atoms with Crippen molar-refractivity contribution in [3.63, 3.8) is 0 Å². The Morgan fingerprint density at radius 1 is 1.30 bits per heavy atom. The molecule has 1 aliphatic rings. The van der Waals surface area contributed by atoms with Crippen LogP contribution in [0.25, 0.3) is 0 Å². The van der Waals surface area contributed by atoms with Crippen LogP contribution in [0.3, 0.4) is 0 Å². The third-order valence-corrected chi connectivity index (χ3v) is 4.10. The number of carbonyl (C=O) groups is 2. The average Bonchev–Trinajstić information content (AvgIpc) is 2.85. The molecule has 4 heteroatoms. The zero-order valence-electron chi connectivity index (χ0n) is 11.7. The van der Waals surface area contributed by atoms with E-state index in [2.05, 4.69) is 12.2 Å². The van der Waals surface area contributed by atoms with E-state index in [0.717, 1.165) is 24.8 Å². The predicted molar refractivity (Wildman–Crippen MR) is 76.2 cm³/mol. The molecular weight excluding hydrogens is 254 g/mol. The van der Waals surface area contributed by atoms with Crippen LogP contribution in [0.4, 0.5) is 0 Å². The first-order valence-corrected chi connectivity index (χ1v) is 7.15. The van der Waals surface area contributed by atoms with Crippen molar-refractivity contribution in [2.24, 2.45) is 11.8 Å².